The van der Waals surface area contributed by atoms with Crippen molar-refractivity contribution in [2.75, 3.05) is 20.1 Å². The topological polar surface area (TPSA) is 75.4 Å². The van der Waals surface area contributed by atoms with E-state index < -0.39 is 11.9 Å². The number of rotatable bonds is 2. The predicted octanol–water partition coefficient (Wildman–Crippen LogP) is -1.29. The number of amides is 2. The third-order valence-electron chi connectivity index (χ3n) is 1.92. The van der Waals surface area contributed by atoms with Crippen molar-refractivity contribution in [2.24, 2.45) is 5.73 Å². The first-order valence-corrected chi connectivity index (χ1v) is 3.88. The molecular formula is C7H14ClN3O2. The second-order valence-electron chi connectivity index (χ2n) is 2.94. The second-order valence-corrected chi connectivity index (χ2v) is 2.94. The van der Waals surface area contributed by atoms with Gasteiger partial charge in [-0.1, -0.05) is 0 Å². The summed E-state index contributed by atoms with van der Waals surface area (Å²) in [5.74, 6) is -0.504. The van der Waals surface area contributed by atoms with Gasteiger partial charge in [0.2, 0.25) is 11.8 Å². The molecule has 0 aromatic carbocycles. The lowest BCUT2D eigenvalue weighted by Crippen LogP contribution is -2.54. The number of primary amides is 1. The van der Waals surface area contributed by atoms with Crippen LogP contribution in [0.1, 0.15) is 6.42 Å². The van der Waals surface area contributed by atoms with Gasteiger partial charge in [-0.3, -0.25) is 9.59 Å². The van der Waals surface area contributed by atoms with E-state index in [1.807, 2.05) is 0 Å². The summed E-state index contributed by atoms with van der Waals surface area (Å²) in [6.45, 7) is 1.41. The van der Waals surface area contributed by atoms with Crippen LogP contribution in [0.3, 0.4) is 0 Å². The maximum absolute atomic E-state index is 11.3. The van der Waals surface area contributed by atoms with E-state index in [2.05, 4.69) is 5.32 Å². The maximum atomic E-state index is 11.3. The maximum Gasteiger partial charge on any atom is 0.240 e. The largest absolute Gasteiger partial charge is 0.370 e. The fourth-order valence-corrected chi connectivity index (χ4v) is 1.23. The highest BCUT2D eigenvalue weighted by Crippen LogP contribution is 2.01. The minimum atomic E-state index is -0.448. The zero-order chi connectivity index (χ0) is 9.14. The molecule has 76 valence electrons. The molecule has 0 saturated carbocycles. The number of carbonyl (C=O) groups excluding carboxylic acids is 2. The first kappa shape index (κ1) is 12.2. The van der Waals surface area contributed by atoms with Gasteiger partial charge >= 0.3 is 0 Å². The molecule has 1 atom stereocenters. The molecule has 0 aromatic heterocycles. The molecule has 6 heteroatoms. The monoisotopic (exact) mass is 207 g/mol. The van der Waals surface area contributed by atoms with Crippen LogP contribution in [-0.2, 0) is 9.59 Å². The molecule has 0 radical (unpaired) electrons. The molecule has 0 aliphatic carbocycles. The third-order valence-corrected chi connectivity index (χ3v) is 1.92. The molecule has 13 heavy (non-hydrogen) atoms. The number of halogens is 1. The Labute approximate surface area is 83.0 Å². The first-order chi connectivity index (χ1) is 5.61. The number of nitrogens with two attached hydrogens (primary N) is 1. The van der Waals surface area contributed by atoms with Crippen LogP contribution in [0.4, 0.5) is 0 Å². The molecule has 0 bridgehead atoms. The molecule has 1 fully saturated rings. The smallest absolute Gasteiger partial charge is 0.240 e. The summed E-state index contributed by atoms with van der Waals surface area (Å²) in [5.41, 5.74) is 4.98. The van der Waals surface area contributed by atoms with Gasteiger partial charge in [0.1, 0.15) is 0 Å². The van der Waals surface area contributed by atoms with Crippen molar-refractivity contribution in [1.29, 1.82) is 0 Å². The Morgan fingerprint density at radius 2 is 2.38 bits per heavy atom. The lowest BCUT2D eigenvalue weighted by atomic mass is 10.1. The Kier molecular flexibility index (Phi) is 4.72. The highest BCUT2D eigenvalue weighted by Gasteiger charge is 2.26. The Balaban J connectivity index is 0.00000144. The zero-order valence-electron chi connectivity index (χ0n) is 7.45. The van der Waals surface area contributed by atoms with Crippen LogP contribution >= 0.6 is 12.4 Å². The van der Waals surface area contributed by atoms with Crippen LogP contribution in [0.5, 0.6) is 0 Å². The van der Waals surface area contributed by atoms with Gasteiger partial charge in [-0.15, -0.1) is 12.4 Å². The van der Waals surface area contributed by atoms with E-state index in [4.69, 9.17) is 5.73 Å². The van der Waals surface area contributed by atoms with Crippen LogP contribution in [-0.4, -0.2) is 42.9 Å². The van der Waals surface area contributed by atoms with Gasteiger partial charge in [0, 0.05) is 20.1 Å². The van der Waals surface area contributed by atoms with Gasteiger partial charge in [0.15, 0.2) is 0 Å². The fraction of sp³-hybridized carbons (Fsp3) is 0.714. The number of hydrogen-bond donors (Lipinski definition) is 2. The van der Waals surface area contributed by atoms with E-state index in [1.165, 1.54) is 0 Å². The highest BCUT2D eigenvalue weighted by atomic mass is 35.5. The Morgan fingerprint density at radius 1 is 1.77 bits per heavy atom. The molecule has 1 heterocycles. The van der Waals surface area contributed by atoms with Crippen molar-refractivity contribution in [3.05, 3.63) is 0 Å². The number of piperazine rings is 1. The number of nitrogens with zero attached hydrogens (tertiary/aromatic N) is 1. The SMILES string of the molecule is CN1CCNC(CC(N)=O)C1=O.Cl. The molecule has 0 spiro atoms. The molecule has 0 aromatic rings. The molecule has 1 saturated heterocycles. The normalized spacial score (nSPS) is 22.4. The Hall–Kier alpha value is -0.810. The third kappa shape index (κ3) is 3.20. The minimum absolute atomic E-state index is 0. The summed E-state index contributed by atoms with van der Waals surface area (Å²) in [6, 6.07) is -0.416. The van der Waals surface area contributed by atoms with Crippen molar-refractivity contribution in [3.8, 4) is 0 Å². The average molecular weight is 208 g/mol. The van der Waals surface area contributed by atoms with Crippen LogP contribution in [0.15, 0.2) is 0 Å². The molecule has 1 aliphatic heterocycles. The Bertz CT molecular complexity index is 210. The van der Waals surface area contributed by atoms with Crippen molar-refractivity contribution < 1.29 is 9.59 Å². The molecule has 1 rings (SSSR count). The standard InChI is InChI=1S/C7H13N3O2.ClH/c1-10-3-2-9-5(7(10)12)4-6(8)11;/h5,9H,2-4H2,1H3,(H2,8,11);1H. The molecule has 2 amide bonds. The van der Waals surface area contributed by atoms with E-state index in [9.17, 15) is 9.59 Å². The molecule has 3 N–H and O–H groups in total. The summed E-state index contributed by atoms with van der Waals surface area (Å²) in [6.07, 6.45) is 0.0865. The van der Waals surface area contributed by atoms with Gasteiger partial charge in [-0.05, 0) is 0 Å². The Morgan fingerprint density at radius 3 is 2.92 bits per heavy atom. The molecular weight excluding hydrogens is 194 g/mol. The average Bonchev–Trinajstić information content (AvgIpc) is 1.98. The number of carbonyl (C=O) groups is 2. The number of nitrogens with one attached hydrogen (secondary N) is 1. The van der Waals surface area contributed by atoms with Gasteiger partial charge in [0.25, 0.3) is 0 Å². The van der Waals surface area contributed by atoms with Crippen molar-refractivity contribution in [2.45, 2.75) is 12.5 Å². The number of likely N-dealkylation sites (N-methyl/N-ethyl adjacent to an activating group) is 1. The quantitative estimate of drug-likeness (QED) is 0.592. The molecule has 1 aliphatic rings. The lowest BCUT2D eigenvalue weighted by molar-refractivity contribution is -0.136. The number of hydrogen-bond acceptors (Lipinski definition) is 3. The van der Waals surface area contributed by atoms with Crippen LogP contribution in [0, 0.1) is 0 Å². The molecule has 1 unspecified atom stereocenters. The van der Waals surface area contributed by atoms with Crippen LogP contribution < -0.4 is 11.1 Å². The predicted molar refractivity (Wildman–Crippen MR) is 50.5 cm³/mol. The van der Waals surface area contributed by atoms with E-state index in [0.717, 1.165) is 6.54 Å². The fourth-order valence-electron chi connectivity index (χ4n) is 1.23. The summed E-state index contributed by atoms with van der Waals surface area (Å²) < 4.78 is 0. The lowest BCUT2D eigenvalue weighted by Gasteiger charge is -2.29. The van der Waals surface area contributed by atoms with Crippen molar-refractivity contribution in [1.82, 2.24) is 10.2 Å². The van der Waals surface area contributed by atoms with Crippen LogP contribution in [0.25, 0.3) is 0 Å². The van der Waals surface area contributed by atoms with E-state index in [0.29, 0.717) is 6.54 Å². The minimum Gasteiger partial charge on any atom is -0.370 e. The summed E-state index contributed by atoms with van der Waals surface area (Å²) >= 11 is 0. The summed E-state index contributed by atoms with van der Waals surface area (Å²) in [7, 11) is 1.72. The van der Waals surface area contributed by atoms with Gasteiger partial charge in [0.05, 0.1) is 12.5 Å². The van der Waals surface area contributed by atoms with Gasteiger partial charge in [-0.25, -0.2) is 0 Å². The van der Waals surface area contributed by atoms with E-state index in [1.54, 1.807) is 11.9 Å². The summed E-state index contributed by atoms with van der Waals surface area (Å²) in [5, 5.41) is 2.94. The second kappa shape index (κ2) is 5.04. The zero-order valence-corrected chi connectivity index (χ0v) is 8.26. The van der Waals surface area contributed by atoms with Crippen LogP contribution in [0.2, 0.25) is 0 Å². The highest BCUT2D eigenvalue weighted by molar-refractivity contribution is 5.88. The van der Waals surface area contributed by atoms with Gasteiger partial charge < -0.3 is 16.0 Å². The van der Waals surface area contributed by atoms with Crippen molar-refractivity contribution >= 4 is 24.2 Å². The first-order valence-electron chi connectivity index (χ1n) is 3.88. The van der Waals surface area contributed by atoms with E-state index >= 15 is 0 Å². The van der Waals surface area contributed by atoms with Crippen molar-refractivity contribution in [3.63, 3.8) is 0 Å². The van der Waals surface area contributed by atoms with E-state index in [-0.39, 0.29) is 24.7 Å². The summed E-state index contributed by atoms with van der Waals surface area (Å²) in [4.78, 5) is 23.4. The molecule has 5 nitrogen and oxygen atoms in total. The van der Waals surface area contributed by atoms with Gasteiger partial charge in [-0.2, -0.15) is 0 Å².